The van der Waals surface area contributed by atoms with E-state index in [2.05, 4.69) is 0 Å². The quantitative estimate of drug-likeness (QED) is 0.841. The summed E-state index contributed by atoms with van der Waals surface area (Å²) in [5.41, 5.74) is 1.94. The summed E-state index contributed by atoms with van der Waals surface area (Å²) in [5, 5.41) is 5.20. The van der Waals surface area contributed by atoms with Crippen LogP contribution >= 0.6 is 0 Å². The van der Waals surface area contributed by atoms with E-state index in [0.29, 0.717) is 19.4 Å². The lowest BCUT2D eigenvalue weighted by Gasteiger charge is -2.30. The van der Waals surface area contributed by atoms with Crippen LogP contribution in [0.15, 0.2) is 18.2 Å². The number of sulfonamides is 1. The minimum atomic E-state index is -3.51. The first kappa shape index (κ1) is 17.0. The Balaban J connectivity index is 2.83. The standard InChI is InChI=1S/C15H25NO3S/c1-5-15(6-2,11-20(16,17)18)10-19-14-8-7-12(3)13(4)9-14/h7-9H,5-6,10-11H2,1-4H3,(H2,16,17,18). The summed E-state index contributed by atoms with van der Waals surface area (Å²) in [6, 6.07) is 5.89. The Hall–Kier alpha value is -1.07. The molecule has 1 aromatic rings. The van der Waals surface area contributed by atoms with Gasteiger partial charge >= 0.3 is 0 Å². The van der Waals surface area contributed by atoms with Gasteiger partial charge in [0, 0.05) is 5.41 Å². The molecule has 0 aliphatic heterocycles. The molecule has 0 atom stereocenters. The third-order valence-corrected chi connectivity index (χ3v) is 5.05. The molecule has 20 heavy (non-hydrogen) atoms. The second-order valence-electron chi connectivity index (χ2n) is 5.55. The Morgan fingerprint density at radius 1 is 1.15 bits per heavy atom. The predicted octanol–water partition coefficient (Wildman–Crippen LogP) is 2.78. The lowest BCUT2D eigenvalue weighted by atomic mass is 9.85. The van der Waals surface area contributed by atoms with Crippen LogP contribution in [-0.2, 0) is 10.0 Å². The Morgan fingerprint density at radius 2 is 1.75 bits per heavy atom. The second kappa shape index (κ2) is 6.59. The van der Waals surface area contributed by atoms with Crippen molar-refractivity contribution >= 4 is 10.0 Å². The van der Waals surface area contributed by atoms with Crippen molar-refractivity contribution in [3.63, 3.8) is 0 Å². The molecule has 1 rings (SSSR count). The number of primary sulfonamides is 1. The fourth-order valence-corrected chi connectivity index (χ4v) is 3.51. The average Bonchev–Trinajstić information content (AvgIpc) is 2.37. The first-order valence-corrected chi connectivity index (χ1v) is 8.63. The molecule has 0 radical (unpaired) electrons. The zero-order chi connectivity index (χ0) is 15.4. The second-order valence-corrected chi connectivity index (χ2v) is 7.16. The molecule has 0 fully saturated rings. The van der Waals surface area contributed by atoms with Crippen LogP contribution in [0.2, 0.25) is 0 Å². The van der Waals surface area contributed by atoms with Crippen LogP contribution in [0.3, 0.4) is 0 Å². The van der Waals surface area contributed by atoms with E-state index in [-0.39, 0.29) is 5.75 Å². The maximum atomic E-state index is 11.4. The van der Waals surface area contributed by atoms with E-state index in [1.807, 2.05) is 45.9 Å². The van der Waals surface area contributed by atoms with Crippen LogP contribution in [0.4, 0.5) is 0 Å². The number of hydrogen-bond acceptors (Lipinski definition) is 3. The van der Waals surface area contributed by atoms with E-state index in [9.17, 15) is 8.42 Å². The average molecular weight is 299 g/mol. The van der Waals surface area contributed by atoms with Gasteiger partial charge in [-0.15, -0.1) is 0 Å². The Kier molecular flexibility index (Phi) is 5.59. The minimum absolute atomic E-state index is 0.0438. The lowest BCUT2D eigenvalue weighted by molar-refractivity contribution is 0.154. The van der Waals surface area contributed by atoms with Crippen molar-refractivity contribution in [2.24, 2.45) is 10.6 Å². The van der Waals surface area contributed by atoms with Crippen LogP contribution in [0, 0.1) is 19.3 Å². The van der Waals surface area contributed by atoms with Crippen molar-refractivity contribution in [1.29, 1.82) is 0 Å². The summed E-state index contributed by atoms with van der Waals surface area (Å²) < 4.78 is 28.6. The van der Waals surface area contributed by atoms with Crippen molar-refractivity contribution in [3.05, 3.63) is 29.3 Å². The smallest absolute Gasteiger partial charge is 0.209 e. The molecule has 0 amide bonds. The van der Waals surface area contributed by atoms with Gasteiger partial charge < -0.3 is 4.74 Å². The van der Waals surface area contributed by atoms with Gasteiger partial charge in [-0.2, -0.15) is 0 Å². The molecule has 5 heteroatoms. The van der Waals surface area contributed by atoms with Crippen molar-refractivity contribution in [2.75, 3.05) is 12.4 Å². The van der Waals surface area contributed by atoms with Gasteiger partial charge in [0.15, 0.2) is 0 Å². The molecule has 0 bridgehead atoms. The SMILES string of the molecule is CCC(CC)(COc1ccc(C)c(C)c1)CS(N)(=O)=O. The number of aryl methyl sites for hydroxylation is 2. The lowest BCUT2D eigenvalue weighted by Crippen LogP contribution is -2.37. The molecule has 4 nitrogen and oxygen atoms in total. The number of rotatable bonds is 7. The van der Waals surface area contributed by atoms with Gasteiger partial charge in [0.25, 0.3) is 0 Å². The summed E-state index contributed by atoms with van der Waals surface area (Å²) in [6.45, 7) is 8.37. The van der Waals surface area contributed by atoms with Crippen molar-refractivity contribution in [3.8, 4) is 5.75 Å². The largest absolute Gasteiger partial charge is 0.493 e. The minimum Gasteiger partial charge on any atom is -0.493 e. The van der Waals surface area contributed by atoms with Gasteiger partial charge in [-0.05, 0) is 49.9 Å². The van der Waals surface area contributed by atoms with Gasteiger partial charge in [0.2, 0.25) is 10.0 Å². The fourth-order valence-electron chi connectivity index (χ4n) is 2.17. The maximum absolute atomic E-state index is 11.4. The van der Waals surface area contributed by atoms with Crippen LogP contribution in [0.1, 0.15) is 37.8 Å². The molecule has 0 spiro atoms. The highest BCUT2D eigenvalue weighted by molar-refractivity contribution is 7.89. The van der Waals surface area contributed by atoms with Gasteiger partial charge in [-0.3, -0.25) is 0 Å². The molecule has 0 aliphatic carbocycles. The Morgan fingerprint density at radius 3 is 2.20 bits per heavy atom. The van der Waals surface area contributed by atoms with Crippen molar-refractivity contribution in [1.82, 2.24) is 0 Å². The topological polar surface area (TPSA) is 69.4 Å². The van der Waals surface area contributed by atoms with E-state index in [4.69, 9.17) is 9.88 Å². The highest BCUT2D eigenvalue weighted by atomic mass is 32.2. The maximum Gasteiger partial charge on any atom is 0.209 e. The molecular formula is C15H25NO3S. The van der Waals surface area contributed by atoms with Crippen LogP contribution in [0.5, 0.6) is 5.75 Å². The predicted molar refractivity (Wildman–Crippen MR) is 82.4 cm³/mol. The number of hydrogen-bond donors (Lipinski definition) is 1. The molecule has 0 unspecified atom stereocenters. The molecule has 0 aliphatic rings. The van der Waals surface area contributed by atoms with Gasteiger partial charge in [-0.1, -0.05) is 19.9 Å². The van der Waals surface area contributed by atoms with Crippen molar-refractivity contribution in [2.45, 2.75) is 40.5 Å². The molecular weight excluding hydrogens is 274 g/mol. The molecule has 2 N–H and O–H groups in total. The third kappa shape index (κ3) is 4.80. The van der Waals surface area contributed by atoms with E-state index in [1.165, 1.54) is 5.56 Å². The molecule has 0 saturated heterocycles. The molecule has 0 saturated carbocycles. The normalized spacial score (nSPS) is 12.4. The van der Waals surface area contributed by atoms with Crippen molar-refractivity contribution < 1.29 is 13.2 Å². The van der Waals surface area contributed by atoms with Gasteiger partial charge in [-0.25, -0.2) is 13.6 Å². The summed E-state index contributed by atoms with van der Waals surface area (Å²) in [6.07, 6.45) is 1.43. The van der Waals surface area contributed by atoms with E-state index in [1.54, 1.807) is 0 Å². The highest BCUT2D eigenvalue weighted by Crippen LogP contribution is 2.29. The summed E-state index contributed by atoms with van der Waals surface area (Å²) in [4.78, 5) is 0. The Labute approximate surface area is 122 Å². The molecule has 1 aromatic carbocycles. The molecule has 114 valence electrons. The number of nitrogens with two attached hydrogens (primary N) is 1. The monoisotopic (exact) mass is 299 g/mol. The molecule has 0 heterocycles. The third-order valence-electron chi connectivity index (χ3n) is 4.03. The van der Waals surface area contributed by atoms with E-state index >= 15 is 0 Å². The van der Waals surface area contributed by atoms with Crippen LogP contribution < -0.4 is 9.88 Å². The Bertz CT molecular complexity index is 548. The summed E-state index contributed by atoms with van der Waals surface area (Å²) >= 11 is 0. The van der Waals surface area contributed by atoms with E-state index in [0.717, 1.165) is 11.3 Å². The zero-order valence-corrected chi connectivity index (χ0v) is 13.6. The summed E-state index contributed by atoms with van der Waals surface area (Å²) in [7, 11) is -3.51. The van der Waals surface area contributed by atoms with Gasteiger partial charge in [0.05, 0.1) is 12.4 Å². The van der Waals surface area contributed by atoms with E-state index < -0.39 is 15.4 Å². The fraction of sp³-hybridized carbons (Fsp3) is 0.600. The molecule has 0 aromatic heterocycles. The van der Waals surface area contributed by atoms with Crippen LogP contribution in [-0.4, -0.2) is 20.8 Å². The summed E-state index contributed by atoms with van der Waals surface area (Å²) in [5.74, 6) is 0.728. The van der Waals surface area contributed by atoms with Crippen LogP contribution in [0.25, 0.3) is 0 Å². The zero-order valence-electron chi connectivity index (χ0n) is 12.8. The highest BCUT2D eigenvalue weighted by Gasteiger charge is 2.32. The number of benzene rings is 1. The van der Waals surface area contributed by atoms with Gasteiger partial charge in [0.1, 0.15) is 5.75 Å². The first-order chi connectivity index (χ1) is 9.21. The number of ether oxygens (including phenoxy) is 1. The first-order valence-electron chi connectivity index (χ1n) is 6.92.